The van der Waals surface area contributed by atoms with Crippen molar-refractivity contribution in [1.29, 1.82) is 0 Å². The molecule has 0 amide bonds. The standard InChI is InChI=1S/C22H24N4O/c1-27-20-10-6-5-9-17(20)13-14-23-22-25-19(16-7-3-2-4-8-16)15-21(26-22)24-18-11-12-18/h2-10,15,18H,11-14H2,1H3,(H2,23,24,25,26). The minimum Gasteiger partial charge on any atom is -0.496 e. The molecule has 3 aromatic rings. The fraction of sp³-hybridized carbons (Fsp3) is 0.273. The summed E-state index contributed by atoms with van der Waals surface area (Å²) in [5.74, 6) is 2.44. The normalized spacial score (nSPS) is 13.2. The number of benzene rings is 2. The third kappa shape index (κ3) is 4.56. The second-order valence-electron chi connectivity index (χ2n) is 6.74. The van der Waals surface area contributed by atoms with Gasteiger partial charge >= 0.3 is 0 Å². The molecule has 5 heteroatoms. The summed E-state index contributed by atoms with van der Waals surface area (Å²) < 4.78 is 5.43. The van der Waals surface area contributed by atoms with Gasteiger partial charge in [-0.1, -0.05) is 48.5 Å². The number of methoxy groups -OCH3 is 1. The van der Waals surface area contributed by atoms with Gasteiger partial charge in [-0.3, -0.25) is 0 Å². The lowest BCUT2D eigenvalue weighted by Gasteiger charge is -2.12. The molecule has 1 fully saturated rings. The summed E-state index contributed by atoms with van der Waals surface area (Å²) in [5, 5.41) is 6.85. The molecule has 0 atom stereocenters. The lowest BCUT2D eigenvalue weighted by molar-refractivity contribution is 0.410. The van der Waals surface area contributed by atoms with Crippen LogP contribution in [-0.4, -0.2) is 29.7 Å². The summed E-state index contributed by atoms with van der Waals surface area (Å²) in [4.78, 5) is 9.36. The maximum Gasteiger partial charge on any atom is 0.225 e. The highest BCUT2D eigenvalue weighted by Crippen LogP contribution is 2.27. The zero-order valence-electron chi connectivity index (χ0n) is 15.5. The summed E-state index contributed by atoms with van der Waals surface area (Å²) >= 11 is 0. The summed E-state index contributed by atoms with van der Waals surface area (Å²) in [6, 6.07) is 20.9. The van der Waals surface area contributed by atoms with Crippen LogP contribution in [0.2, 0.25) is 0 Å². The largest absolute Gasteiger partial charge is 0.496 e. The Morgan fingerprint density at radius 3 is 2.56 bits per heavy atom. The van der Waals surface area contributed by atoms with E-state index in [1.54, 1.807) is 7.11 Å². The number of para-hydroxylation sites is 1. The maximum absolute atomic E-state index is 5.43. The fourth-order valence-electron chi connectivity index (χ4n) is 3.01. The zero-order chi connectivity index (χ0) is 18.5. The Morgan fingerprint density at radius 2 is 1.78 bits per heavy atom. The third-order valence-electron chi connectivity index (χ3n) is 4.60. The molecule has 4 rings (SSSR count). The van der Waals surface area contributed by atoms with Gasteiger partial charge < -0.3 is 15.4 Å². The Labute approximate surface area is 159 Å². The van der Waals surface area contributed by atoms with Gasteiger partial charge in [-0.15, -0.1) is 0 Å². The second kappa shape index (κ2) is 8.08. The number of hydrogen-bond donors (Lipinski definition) is 2. The van der Waals surface area contributed by atoms with E-state index in [1.165, 1.54) is 18.4 Å². The number of hydrogen-bond acceptors (Lipinski definition) is 5. The van der Waals surface area contributed by atoms with E-state index < -0.39 is 0 Å². The van der Waals surface area contributed by atoms with E-state index in [1.807, 2.05) is 42.5 Å². The molecule has 1 aromatic heterocycles. The van der Waals surface area contributed by atoms with Gasteiger partial charge in [0.05, 0.1) is 12.8 Å². The Balaban J connectivity index is 1.50. The van der Waals surface area contributed by atoms with Crippen molar-refractivity contribution in [3.63, 3.8) is 0 Å². The Bertz CT molecular complexity index is 894. The summed E-state index contributed by atoms with van der Waals surface area (Å²) in [6.45, 7) is 0.738. The van der Waals surface area contributed by atoms with Gasteiger partial charge in [0, 0.05) is 24.2 Å². The number of ether oxygens (including phenoxy) is 1. The molecule has 5 nitrogen and oxygen atoms in total. The Morgan fingerprint density at radius 1 is 1.00 bits per heavy atom. The molecule has 0 aliphatic heterocycles. The molecular weight excluding hydrogens is 336 g/mol. The van der Waals surface area contributed by atoms with Crippen LogP contribution >= 0.6 is 0 Å². The van der Waals surface area contributed by atoms with Gasteiger partial charge in [0.2, 0.25) is 5.95 Å². The highest BCUT2D eigenvalue weighted by atomic mass is 16.5. The van der Waals surface area contributed by atoms with E-state index in [9.17, 15) is 0 Å². The van der Waals surface area contributed by atoms with Gasteiger partial charge in [-0.05, 0) is 30.9 Å². The molecule has 0 unspecified atom stereocenters. The quantitative estimate of drug-likeness (QED) is 0.624. The van der Waals surface area contributed by atoms with E-state index in [0.29, 0.717) is 12.0 Å². The Hall–Kier alpha value is -3.08. The molecule has 1 aliphatic carbocycles. The third-order valence-corrected chi connectivity index (χ3v) is 4.60. The second-order valence-corrected chi connectivity index (χ2v) is 6.74. The first-order chi connectivity index (χ1) is 13.3. The predicted octanol–water partition coefficient (Wildman–Crippen LogP) is 4.38. The van der Waals surface area contributed by atoms with E-state index in [2.05, 4.69) is 33.8 Å². The van der Waals surface area contributed by atoms with Crippen molar-refractivity contribution < 1.29 is 4.74 Å². The first-order valence-electron chi connectivity index (χ1n) is 9.38. The Kier molecular flexibility index (Phi) is 5.19. The molecule has 0 bridgehead atoms. The van der Waals surface area contributed by atoms with Crippen molar-refractivity contribution >= 4 is 11.8 Å². The van der Waals surface area contributed by atoms with Crippen LogP contribution in [0.4, 0.5) is 11.8 Å². The van der Waals surface area contributed by atoms with Gasteiger partial charge in [-0.25, -0.2) is 4.98 Å². The van der Waals surface area contributed by atoms with Crippen molar-refractivity contribution in [1.82, 2.24) is 9.97 Å². The zero-order valence-corrected chi connectivity index (χ0v) is 15.5. The molecule has 27 heavy (non-hydrogen) atoms. The number of rotatable bonds is 8. The van der Waals surface area contributed by atoms with Gasteiger partial charge in [0.25, 0.3) is 0 Å². The molecule has 1 aliphatic rings. The van der Waals surface area contributed by atoms with Crippen LogP contribution in [-0.2, 0) is 6.42 Å². The highest BCUT2D eigenvalue weighted by molar-refractivity contribution is 5.64. The number of nitrogens with zero attached hydrogens (tertiary/aromatic N) is 2. The number of aromatic nitrogens is 2. The first kappa shape index (κ1) is 17.3. The fourth-order valence-corrected chi connectivity index (χ4v) is 3.01. The van der Waals surface area contributed by atoms with E-state index in [-0.39, 0.29) is 0 Å². The predicted molar refractivity (Wildman–Crippen MR) is 109 cm³/mol. The minimum absolute atomic E-state index is 0.546. The van der Waals surface area contributed by atoms with E-state index >= 15 is 0 Å². The smallest absolute Gasteiger partial charge is 0.225 e. The van der Waals surface area contributed by atoms with Crippen molar-refractivity contribution in [2.45, 2.75) is 25.3 Å². The summed E-state index contributed by atoms with van der Waals surface area (Å²) in [5.41, 5.74) is 3.18. The molecule has 1 heterocycles. The molecule has 0 radical (unpaired) electrons. The van der Waals surface area contributed by atoms with Crippen LogP contribution < -0.4 is 15.4 Å². The van der Waals surface area contributed by atoms with Crippen LogP contribution in [0.25, 0.3) is 11.3 Å². The van der Waals surface area contributed by atoms with Gasteiger partial charge in [0.15, 0.2) is 0 Å². The van der Waals surface area contributed by atoms with E-state index in [0.717, 1.165) is 35.8 Å². The highest BCUT2D eigenvalue weighted by Gasteiger charge is 2.22. The molecule has 1 saturated carbocycles. The van der Waals surface area contributed by atoms with Crippen molar-refractivity contribution in [3.8, 4) is 17.0 Å². The number of nitrogens with one attached hydrogen (secondary N) is 2. The monoisotopic (exact) mass is 360 g/mol. The molecule has 0 spiro atoms. The van der Waals surface area contributed by atoms with Crippen molar-refractivity contribution in [2.24, 2.45) is 0 Å². The molecule has 138 valence electrons. The topological polar surface area (TPSA) is 59.1 Å². The van der Waals surface area contributed by atoms with Crippen molar-refractivity contribution in [3.05, 3.63) is 66.2 Å². The molecule has 0 saturated heterocycles. The summed E-state index contributed by atoms with van der Waals surface area (Å²) in [6.07, 6.45) is 3.26. The summed E-state index contributed by atoms with van der Waals surface area (Å²) in [7, 11) is 1.70. The van der Waals surface area contributed by atoms with Gasteiger partial charge in [0.1, 0.15) is 11.6 Å². The average molecular weight is 360 g/mol. The van der Waals surface area contributed by atoms with Gasteiger partial charge in [-0.2, -0.15) is 4.98 Å². The van der Waals surface area contributed by atoms with Crippen LogP contribution in [0.15, 0.2) is 60.7 Å². The van der Waals surface area contributed by atoms with Crippen molar-refractivity contribution in [2.75, 3.05) is 24.3 Å². The van der Waals surface area contributed by atoms with Crippen LogP contribution in [0.5, 0.6) is 5.75 Å². The first-order valence-corrected chi connectivity index (χ1v) is 9.38. The molecule has 2 N–H and O–H groups in total. The SMILES string of the molecule is COc1ccccc1CCNc1nc(NC2CC2)cc(-c2ccccc2)n1. The number of anilines is 2. The lowest BCUT2D eigenvalue weighted by Crippen LogP contribution is -2.11. The maximum atomic E-state index is 5.43. The minimum atomic E-state index is 0.546. The van der Waals surface area contributed by atoms with Crippen LogP contribution in [0, 0.1) is 0 Å². The van der Waals surface area contributed by atoms with Crippen LogP contribution in [0.1, 0.15) is 18.4 Å². The average Bonchev–Trinajstić information content (AvgIpc) is 3.53. The lowest BCUT2D eigenvalue weighted by atomic mass is 10.1. The molecule has 2 aromatic carbocycles. The van der Waals surface area contributed by atoms with Crippen LogP contribution in [0.3, 0.4) is 0 Å². The molecular formula is C22H24N4O. The van der Waals surface area contributed by atoms with E-state index in [4.69, 9.17) is 9.72 Å².